The van der Waals surface area contributed by atoms with Gasteiger partial charge in [-0.1, -0.05) is 43.2 Å². The highest BCUT2D eigenvalue weighted by atomic mass is 14.9. The second kappa shape index (κ2) is 5.49. The Morgan fingerprint density at radius 2 is 2.19 bits per heavy atom. The van der Waals surface area contributed by atoms with Crippen molar-refractivity contribution >= 4 is 0 Å². The van der Waals surface area contributed by atoms with Gasteiger partial charge in [-0.2, -0.15) is 0 Å². The summed E-state index contributed by atoms with van der Waals surface area (Å²) in [6.07, 6.45) is 4.26. The summed E-state index contributed by atoms with van der Waals surface area (Å²) in [5.41, 5.74) is 2.76. The minimum atomic E-state index is 0.916. The molecule has 16 heavy (non-hydrogen) atoms. The lowest BCUT2D eigenvalue weighted by Gasteiger charge is -2.11. The van der Waals surface area contributed by atoms with E-state index in [0.717, 1.165) is 18.4 Å². The molecule has 1 N–H and O–H groups in total. The molecule has 1 fully saturated rings. The van der Waals surface area contributed by atoms with Gasteiger partial charge in [-0.05, 0) is 43.7 Å². The van der Waals surface area contributed by atoms with Gasteiger partial charge in [0.25, 0.3) is 0 Å². The molecule has 0 heterocycles. The molecule has 1 aliphatic carbocycles. The molecule has 0 aliphatic heterocycles. The average Bonchev–Trinajstić information content (AvgIpc) is 2.64. The van der Waals surface area contributed by atoms with Crippen LogP contribution in [0.5, 0.6) is 0 Å². The van der Waals surface area contributed by atoms with Gasteiger partial charge in [-0.15, -0.1) is 0 Å². The van der Waals surface area contributed by atoms with E-state index in [1.807, 2.05) is 0 Å². The largest absolute Gasteiger partial charge is 0.312 e. The lowest BCUT2D eigenvalue weighted by atomic mass is 10.1. The van der Waals surface area contributed by atoms with Crippen molar-refractivity contribution in [2.45, 2.75) is 39.7 Å². The molecule has 1 nitrogen and oxygen atoms in total. The molecular weight excluding hydrogens is 194 g/mol. The third-order valence-electron chi connectivity index (χ3n) is 3.65. The minimum absolute atomic E-state index is 0.916. The predicted octanol–water partition coefficient (Wildman–Crippen LogP) is 3.52. The number of hydrogen-bond donors (Lipinski definition) is 1. The van der Waals surface area contributed by atoms with Gasteiger partial charge in [0.15, 0.2) is 0 Å². The summed E-state index contributed by atoms with van der Waals surface area (Å²) >= 11 is 0. The molecule has 0 radical (unpaired) electrons. The van der Waals surface area contributed by atoms with Crippen LogP contribution in [0.3, 0.4) is 0 Å². The Kier molecular flexibility index (Phi) is 4.00. The number of nitrogens with one attached hydrogen (secondary N) is 1. The third-order valence-corrected chi connectivity index (χ3v) is 3.65. The van der Waals surface area contributed by atoms with Crippen LogP contribution >= 0.6 is 0 Å². The normalized spacial score (nSPS) is 24.9. The topological polar surface area (TPSA) is 12.0 Å². The van der Waals surface area contributed by atoms with Crippen LogP contribution in [0, 0.1) is 18.8 Å². The van der Waals surface area contributed by atoms with Gasteiger partial charge in [-0.25, -0.2) is 0 Å². The standard InChI is InChI=1S/C15H23N/c1-12-4-3-5-14(8-12)10-16-11-15-7-6-13(2)9-15/h3-5,8,13,15-16H,6-7,9-11H2,1-2H3. The highest BCUT2D eigenvalue weighted by Crippen LogP contribution is 2.29. The molecule has 1 heteroatoms. The van der Waals surface area contributed by atoms with Crippen LogP contribution in [-0.2, 0) is 6.54 Å². The molecule has 0 amide bonds. The van der Waals surface area contributed by atoms with E-state index in [2.05, 4.69) is 43.4 Å². The zero-order valence-electron chi connectivity index (χ0n) is 10.5. The van der Waals surface area contributed by atoms with E-state index in [0.29, 0.717) is 0 Å². The zero-order valence-corrected chi connectivity index (χ0v) is 10.5. The molecule has 1 aromatic rings. The monoisotopic (exact) mass is 217 g/mol. The quantitative estimate of drug-likeness (QED) is 0.813. The Hall–Kier alpha value is -0.820. The Labute approximate surface area is 99.3 Å². The molecule has 1 aromatic carbocycles. The third kappa shape index (κ3) is 3.34. The molecule has 88 valence electrons. The van der Waals surface area contributed by atoms with Crippen molar-refractivity contribution in [3.05, 3.63) is 35.4 Å². The van der Waals surface area contributed by atoms with Crippen LogP contribution in [0.4, 0.5) is 0 Å². The predicted molar refractivity (Wildman–Crippen MR) is 69.4 cm³/mol. The highest BCUT2D eigenvalue weighted by Gasteiger charge is 2.20. The van der Waals surface area contributed by atoms with Crippen LogP contribution in [0.15, 0.2) is 24.3 Å². The second-order valence-corrected chi connectivity index (χ2v) is 5.40. The molecule has 2 rings (SSSR count). The molecule has 0 saturated heterocycles. The first-order chi connectivity index (χ1) is 7.74. The Bertz CT molecular complexity index is 332. The first-order valence-corrected chi connectivity index (χ1v) is 6.50. The summed E-state index contributed by atoms with van der Waals surface area (Å²) in [7, 11) is 0. The Morgan fingerprint density at radius 3 is 2.88 bits per heavy atom. The first-order valence-electron chi connectivity index (χ1n) is 6.50. The highest BCUT2D eigenvalue weighted by molar-refractivity contribution is 5.21. The van der Waals surface area contributed by atoms with Crippen molar-refractivity contribution < 1.29 is 0 Å². The van der Waals surface area contributed by atoms with Gasteiger partial charge in [-0.3, -0.25) is 0 Å². The van der Waals surface area contributed by atoms with Gasteiger partial charge < -0.3 is 5.32 Å². The van der Waals surface area contributed by atoms with Crippen LogP contribution in [-0.4, -0.2) is 6.54 Å². The van der Waals surface area contributed by atoms with Crippen molar-refractivity contribution in [3.63, 3.8) is 0 Å². The van der Waals surface area contributed by atoms with Gasteiger partial charge in [0.1, 0.15) is 0 Å². The Morgan fingerprint density at radius 1 is 1.31 bits per heavy atom. The molecule has 1 aliphatic rings. The fraction of sp³-hybridized carbons (Fsp3) is 0.600. The molecule has 0 bridgehead atoms. The number of rotatable bonds is 4. The van der Waals surface area contributed by atoms with Crippen LogP contribution in [0.2, 0.25) is 0 Å². The fourth-order valence-electron chi connectivity index (χ4n) is 2.75. The van der Waals surface area contributed by atoms with Gasteiger partial charge in [0.05, 0.1) is 0 Å². The van der Waals surface area contributed by atoms with E-state index in [1.54, 1.807) is 0 Å². The van der Waals surface area contributed by atoms with Crippen LogP contribution in [0.25, 0.3) is 0 Å². The van der Waals surface area contributed by atoms with Crippen molar-refractivity contribution in [1.29, 1.82) is 0 Å². The lowest BCUT2D eigenvalue weighted by Crippen LogP contribution is -2.20. The summed E-state index contributed by atoms with van der Waals surface area (Å²) in [5, 5.41) is 3.59. The van der Waals surface area contributed by atoms with E-state index in [1.165, 1.54) is 36.9 Å². The summed E-state index contributed by atoms with van der Waals surface area (Å²) < 4.78 is 0. The van der Waals surface area contributed by atoms with Crippen LogP contribution < -0.4 is 5.32 Å². The molecule has 2 atom stereocenters. The summed E-state index contributed by atoms with van der Waals surface area (Å²) in [4.78, 5) is 0. The minimum Gasteiger partial charge on any atom is -0.312 e. The van der Waals surface area contributed by atoms with Gasteiger partial charge in [0.2, 0.25) is 0 Å². The van der Waals surface area contributed by atoms with E-state index in [9.17, 15) is 0 Å². The summed E-state index contributed by atoms with van der Waals surface area (Å²) in [5.74, 6) is 1.87. The van der Waals surface area contributed by atoms with Crippen molar-refractivity contribution in [1.82, 2.24) is 5.32 Å². The smallest absolute Gasteiger partial charge is 0.0205 e. The Balaban J connectivity index is 1.72. The zero-order chi connectivity index (χ0) is 11.4. The fourth-order valence-corrected chi connectivity index (χ4v) is 2.75. The molecular formula is C15H23N. The first kappa shape index (κ1) is 11.7. The molecule has 0 aromatic heterocycles. The molecule has 0 spiro atoms. The summed E-state index contributed by atoms with van der Waals surface area (Å²) in [6, 6.07) is 8.77. The number of hydrogen-bond acceptors (Lipinski definition) is 1. The van der Waals surface area contributed by atoms with Crippen LogP contribution in [0.1, 0.15) is 37.3 Å². The summed E-state index contributed by atoms with van der Waals surface area (Å²) in [6.45, 7) is 6.74. The molecule has 1 saturated carbocycles. The maximum absolute atomic E-state index is 3.59. The maximum Gasteiger partial charge on any atom is 0.0205 e. The van der Waals surface area contributed by atoms with E-state index in [4.69, 9.17) is 0 Å². The van der Waals surface area contributed by atoms with Crippen molar-refractivity contribution in [2.24, 2.45) is 11.8 Å². The second-order valence-electron chi connectivity index (χ2n) is 5.40. The van der Waals surface area contributed by atoms with E-state index < -0.39 is 0 Å². The lowest BCUT2D eigenvalue weighted by molar-refractivity contribution is 0.470. The SMILES string of the molecule is Cc1cccc(CNCC2CCC(C)C2)c1. The van der Waals surface area contributed by atoms with Gasteiger partial charge in [0, 0.05) is 6.54 Å². The van der Waals surface area contributed by atoms with E-state index >= 15 is 0 Å². The number of aryl methyl sites for hydroxylation is 1. The maximum atomic E-state index is 3.59. The number of benzene rings is 1. The van der Waals surface area contributed by atoms with Gasteiger partial charge >= 0.3 is 0 Å². The molecule has 2 unspecified atom stereocenters. The van der Waals surface area contributed by atoms with Crippen molar-refractivity contribution in [2.75, 3.05) is 6.54 Å². The van der Waals surface area contributed by atoms with E-state index in [-0.39, 0.29) is 0 Å². The van der Waals surface area contributed by atoms with Crippen molar-refractivity contribution in [3.8, 4) is 0 Å². The average molecular weight is 217 g/mol.